The predicted octanol–water partition coefficient (Wildman–Crippen LogP) is 4.20. The number of aryl methyl sites for hydroxylation is 1. The Labute approximate surface area is 241 Å². The van der Waals surface area contributed by atoms with Gasteiger partial charge < -0.3 is 29.7 Å². The number of para-hydroxylation sites is 1. The third-order valence-corrected chi connectivity index (χ3v) is 7.44. The summed E-state index contributed by atoms with van der Waals surface area (Å²) in [6.07, 6.45) is 4.91. The van der Waals surface area contributed by atoms with Crippen molar-refractivity contribution in [1.29, 1.82) is 0 Å². The summed E-state index contributed by atoms with van der Waals surface area (Å²) >= 11 is 0. The predicted molar refractivity (Wildman–Crippen MR) is 166 cm³/mol. The van der Waals surface area contributed by atoms with Gasteiger partial charge in [0.25, 0.3) is 0 Å². The molecule has 2 N–H and O–H groups in total. The average molecular weight is 555 g/mol. The van der Waals surface area contributed by atoms with E-state index in [-0.39, 0.29) is 5.91 Å². The highest BCUT2D eigenvalue weighted by Gasteiger charge is 2.22. The number of hydrogen-bond acceptors (Lipinski definition) is 8. The van der Waals surface area contributed by atoms with E-state index in [2.05, 4.69) is 78.9 Å². The second-order valence-electron chi connectivity index (χ2n) is 10.5. The summed E-state index contributed by atoms with van der Waals surface area (Å²) in [7, 11) is 7.87. The number of methoxy groups -OCH3 is 1. The molecule has 10 heteroatoms. The quantitative estimate of drug-likeness (QED) is 0.282. The van der Waals surface area contributed by atoms with Crippen molar-refractivity contribution >= 4 is 39.7 Å². The molecular weight excluding hydrogens is 516 g/mol. The number of rotatable bonds is 10. The van der Waals surface area contributed by atoms with Crippen molar-refractivity contribution in [2.75, 3.05) is 76.0 Å². The number of benzene rings is 2. The fraction of sp³-hybridized carbons (Fsp3) is 0.323. The van der Waals surface area contributed by atoms with E-state index < -0.39 is 0 Å². The Kier molecular flexibility index (Phi) is 8.51. The van der Waals surface area contributed by atoms with Crippen molar-refractivity contribution in [2.24, 2.45) is 7.05 Å². The molecule has 1 fully saturated rings. The number of ether oxygens (including phenoxy) is 1. The molecule has 0 bridgehead atoms. The summed E-state index contributed by atoms with van der Waals surface area (Å²) in [6.45, 7) is 9.29. The van der Waals surface area contributed by atoms with Crippen molar-refractivity contribution in [3.8, 4) is 17.0 Å². The van der Waals surface area contributed by atoms with Gasteiger partial charge in [-0.1, -0.05) is 24.8 Å². The summed E-state index contributed by atoms with van der Waals surface area (Å²) in [5, 5.41) is 7.51. The molecule has 0 unspecified atom stereocenters. The monoisotopic (exact) mass is 554 g/mol. The molecule has 1 amide bonds. The van der Waals surface area contributed by atoms with Crippen molar-refractivity contribution in [3.63, 3.8) is 0 Å². The number of aromatic nitrogens is 3. The largest absolute Gasteiger partial charge is 0.494 e. The van der Waals surface area contributed by atoms with Crippen LogP contribution in [0.25, 0.3) is 22.2 Å². The zero-order valence-corrected chi connectivity index (χ0v) is 24.2. The number of nitrogens with one attached hydrogen (secondary N) is 2. The molecule has 4 aromatic rings. The third-order valence-electron chi connectivity index (χ3n) is 7.44. The molecule has 2 aromatic carbocycles. The fourth-order valence-electron chi connectivity index (χ4n) is 5.19. The van der Waals surface area contributed by atoms with Crippen LogP contribution in [-0.2, 0) is 11.8 Å². The molecule has 5 rings (SSSR count). The van der Waals surface area contributed by atoms with Gasteiger partial charge in [0.05, 0.1) is 29.9 Å². The minimum atomic E-state index is -0.271. The normalized spacial score (nSPS) is 13.9. The van der Waals surface area contributed by atoms with Crippen molar-refractivity contribution in [1.82, 2.24) is 24.3 Å². The molecule has 1 aliphatic rings. The van der Waals surface area contributed by atoms with E-state index >= 15 is 0 Å². The standard InChI is InChI=1S/C31H38N8O2/c1-6-31(40)35-25-17-26(29(41-5)19-28(25)39-15-13-38(14-16-39)12-11-36(2)3)34-30-18-24(32-21-33-30)23-20-37(4)27-10-8-7-9-22(23)27/h6-10,17-21H,1,11-16H2,2-5H3,(H,35,40)(H,32,33,34). The zero-order chi connectivity index (χ0) is 28.9. The van der Waals surface area contributed by atoms with E-state index in [4.69, 9.17) is 4.74 Å². The molecule has 2 aromatic heterocycles. The smallest absolute Gasteiger partial charge is 0.247 e. The van der Waals surface area contributed by atoms with Crippen LogP contribution in [0.1, 0.15) is 0 Å². The van der Waals surface area contributed by atoms with Gasteiger partial charge in [-0.2, -0.15) is 0 Å². The van der Waals surface area contributed by atoms with Gasteiger partial charge in [0, 0.05) is 81.1 Å². The van der Waals surface area contributed by atoms with Gasteiger partial charge in [-0.25, -0.2) is 9.97 Å². The van der Waals surface area contributed by atoms with Crippen LogP contribution >= 0.6 is 0 Å². The number of carbonyl (C=O) groups excluding carboxylic acids is 1. The van der Waals surface area contributed by atoms with Crippen molar-refractivity contribution in [2.45, 2.75) is 0 Å². The highest BCUT2D eigenvalue weighted by atomic mass is 16.5. The minimum absolute atomic E-state index is 0.271. The number of amides is 1. The Morgan fingerprint density at radius 3 is 2.61 bits per heavy atom. The maximum atomic E-state index is 12.4. The van der Waals surface area contributed by atoms with Gasteiger partial charge in [-0.3, -0.25) is 9.69 Å². The second-order valence-corrected chi connectivity index (χ2v) is 10.5. The Hall–Kier alpha value is -4.41. The lowest BCUT2D eigenvalue weighted by Crippen LogP contribution is -2.48. The van der Waals surface area contributed by atoms with Crippen molar-refractivity contribution in [3.05, 3.63) is 67.6 Å². The van der Waals surface area contributed by atoms with Crippen LogP contribution in [0.3, 0.4) is 0 Å². The molecule has 1 aliphatic heterocycles. The van der Waals surface area contributed by atoms with Crippen LogP contribution in [0.2, 0.25) is 0 Å². The van der Waals surface area contributed by atoms with E-state index in [0.717, 1.165) is 67.1 Å². The van der Waals surface area contributed by atoms with Gasteiger partial charge in [-0.05, 0) is 32.3 Å². The highest BCUT2D eigenvalue weighted by Crippen LogP contribution is 2.39. The molecule has 214 valence electrons. The average Bonchev–Trinajstić information content (AvgIpc) is 3.33. The maximum Gasteiger partial charge on any atom is 0.247 e. The van der Waals surface area contributed by atoms with E-state index in [1.165, 1.54) is 6.08 Å². The number of nitrogens with zero attached hydrogens (tertiary/aromatic N) is 6. The first-order chi connectivity index (χ1) is 19.9. The molecule has 1 saturated heterocycles. The minimum Gasteiger partial charge on any atom is -0.494 e. The SMILES string of the molecule is C=CC(=O)Nc1cc(Nc2cc(-c3cn(C)c4ccccc34)ncn2)c(OC)cc1N1CCN(CCN(C)C)CC1. The molecule has 0 saturated carbocycles. The van der Waals surface area contributed by atoms with Crippen LogP contribution in [0.15, 0.2) is 67.6 Å². The molecule has 10 nitrogen and oxygen atoms in total. The number of fused-ring (bicyclic) bond motifs is 1. The van der Waals surface area contributed by atoms with Crippen LogP contribution in [0, 0.1) is 0 Å². The summed E-state index contributed by atoms with van der Waals surface area (Å²) in [4.78, 5) is 28.4. The molecular formula is C31H38N8O2. The Morgan fingerprint density at radius 2 is 1.88 bits per heavy atom. The topological polar surface area (TPSA) is 90.8 Å². The van der Waals surface area contributed by atoms with E-state index in [0.29, 0.717) is 22.9 Å². The number of piperazine rings is 1. The van der Waals surface area contributed by atoms with Gasteiger partial charge in [0.1, 0.15) is 17.9 Å². The van der Waals surface area contributed by atoms with Crippen LogP contribution in [-0.4, -0.2) is 90.7 Å². The van der Waals surface area contributed by atoms with E-state index in [1.54, 1.807) is 13.4 Å². The first-order valence-corrected chi connectivity index (χ1v) is 13.8. The molecule has 0 atom stereocenters. The summed E-state index contributed by atoms with van der Waals surface area (Å²) in [5.74, 6) is 0.994. The lowest BCUT2D eigenvalue weighted by atomic mass is 10.1. The highest BCUT2D eigenvalue weighted by molar-refractivity contribution is 6.02. The van der Waals surface area contributed by atoms with Gasteiger partial charge >= 0.3 is 0 Å². The fourth-order valence-corrected chi connectivity index (χ4v) is 5.19. The lowest BCUT2D eigenvalue weighted by Gasteiger charge is -2.37. The molecule has 0 aliphatic carbocycles. The Balaban J connectivity index is 1.43. The molecule has 0 radical (unpaired) electrons. The molecule has 3 heterocycles. The van der Waals surface area contributed by atoms with Crippen molar-refractivity contribution < 1.29 is 9.53 Å². The number of anilines is 4. The third kappa shape index (κ3) is 6.34. The van der Waals surface area contributed by atoms with Crippen LogP contribution in [0.4, 0.5) is 22.9 Å². The van der Waals surface area contributed by atoms with Crippen LogP contribution in [0.5, 0.6) is 5.75 Å². The number of carbonyl (C=O) groups is 1. The molecule has 0 spiro atoms. The maximum absolute atomic E-state index is 12.4. The van der Waals surface area contributed by atoms with Gasteiger partial charge in [0.2, 0.25) is 5.91 Å². The Morgan fingerprint density at radius 1 is 1.10 bits per heavy atom. The van der Waals surface area contributed by atoms with E-state index in [1.807, 2.05) is 37.4 Å². The first kappa shape index (κ1) is 28.1. The molecule has 41 heavy (non-hydrogen) atoms. The number of hydrogen-bond donors (Lipinski definition) is 2. The Bertz CT molecular complexity index is 1540. The van der Waals surface area contributed by atoms with Gasteiger partial charge in [-0.15, -0.1) is 0 Å². The second kappa shape index (κ2) is 12.4. The lowest BCUT2D eigenvalue weighted by molar-refractivity contribution is -0.111. The number of likely N-dealkylation sites (N-methyl/N-ethyl adjacent to an activating group) is 1. The first-order valence-electron chi connectivity index (χ1n) is 13.8. The van der Waals surface area contributed by atoms with E-state index in [9.17, 15) is 4.79 Å². The summed E-state index contributed by atoms with van der Waals surface area (Å²) in [6, 6.07) is 14.0. The zero-order valence-electron chi connectivity index (χ0n) is 24.2. The summed E-state index contributed by atoms with van der Waals surface area (Å²) in [5.41, 5.74) is 5.25. The summed E-state index contributed by atoms with van der Waals surface area (Å²) < 4.78 is 7.91. The van der Waals surface area contributed by atoms with Gasteiger partial charge in [0.15, 0.2) is 0 Å². The van der Waals surface area contributed by atoms with Crippen LogP contribution < -0.4 is 20.3 Å².